The molecule has 1 aliphatic heterocycles. The summed E-state index contributed by atoms with van der Waals surface area (Å²) in [5.74, 6) is 0. The Labute approximate surface area is 127 Å². The van der Waals surface area contributed by atoms with E-state index in [2.05, 4.69) is 70.6 Å². The lowest BCUT2D eigenvalue weighted by Gasteiger charge is -2.32. The molecule has 0 unspecified atom stereocenters. The van der Waals surface area contributed by atoms with Crippen LogP contribution in [0.2, 0.25) is 0 Å². The number of hydrogen-bond acceptors (Lipinski definition) is 2. The summed E-state index contributed by atoms with van der Waals surface area (Å²) in [7, 11) is 1.81. The SMILES string of the molecule is CCc1cn(C)c2ccc(B3OC(C)(C)C(C)(C)O3)cc12. The topological polar surface area (TPSA) is 23.4 Å². The highest BCUT2D eigenvalue weighted by Crippen LogP contribution is 2.36. The first kappa shape index (κ1) is 14.7. The van der Waals surface area contributed by atoms with Gasteiger partial charge < -0.3 is 13.9 Å². The molecule has 0 aliphatic carbocycles. The molecule has 3 rings (SSSR count). The van der Waals surface area contributed by atoms with Gasteiger partial charge in [0.05, 0.1) is 11.2 Å². The fourth-order valence-electron chi connectivity index (χ4n) is 2.90. The molecule has 1 fully saturated rings. The van der Waals surface area contributed by atoms with Crippen LogP contribution in [0.3, 0.4) is 0 Å². The summed E-state index contributed by atoms with van der Waals surface area (Å²) >= 11 is 0. The highest BCUT2D eigenvalue weighted by atomic mass is 16.7. The molecule has 0 bridgehead atoms. The van der Waals surface area contributed by atoms with E-state index in [0.29, 0.717) is 0 Å². The van der Waals surface area contributed by atoms with Crippen molar-refractivity contribution in [1.29, 1.82) is 0 Å². The van der Waals surface area contributed by atoms with Crippen molar-refractivity contribution in [3.05, 3.63) is 30.0 Å². The maximum absolute atomic E-state index is 6.15. The van der Waals surface area contributed by atoms with Gasteiger partial charge in [0.25, 0.3) is 0 Å². The zero-order valence-electron chi connectivity index (χ0n) is 13.9. The van der Waals surface area contributed by atoms with Gasteiger partial charge in [-0.1, -0.05) is 19.1 Å². The largest absolute Gasteiger partial charge is 0.494 e. The van der Waals surface area contributed by atoms with Gasteiger partial charge in [0.15, 0.2) is 0 Å². The number of fused-ring (bicyclic) bond motifs is 1. The molecule has 2 heterocycles. The molecule has 2 aromatic rings. The van der Waals surface area contributed by atoms with Crippen molar-refractivity contribution in [3.8, 4) is 0 Å². The predicted molar refractivity (Wildman–Crippen MR) is 88.0 cm³/mol. The van der Waals surface area contributed by atoms with Crippen LogP contribution in [0.1, 0.15) is 40.2 Å². The van der Waals surface area contributed by atoms with Crippen LogP contribution in [0, 0.1) is 0 Å². The Bertz CT molecular complexity index is 671. The minimum Gasteiger partial charge on any atom is -0.399 e. The second-order valence-corrected chi connectivity index (χ2v) is 6.98. The van der Waals surface area contributed by atoms with Gasteiger partial charge in [0.2, 0.25) is 0 Å². The molecule has 0 spiro atoms. The van der Waals surface area contributed by atoms with E-state index in [9.17, 15) is 0 Å². The summed E-state index contributed by atoms with van der Waals surface area (Å²) in [6, 6.07) is 6.50. The third-order valence-corrected chi connectivity index (χ3v) is 5.00. The molecule has 1 aromatic heterocycles. The lowest BCUT2D eigenvalue weighted by atomic mass is 9.78. The minimum absolute atomic E-state index is 0.288. The van der Waals surface area contributed by atoms with Crippen molar-refractivity contribution < 1.29 is 9.31 Å². The maximum Gasteiger partial charge on any atom is 0.494 e. The third kappa shape index (κ3) is 2.21. The standard InChI is InChI=1S/C17H24BNO2/c1-7-12-11-19(6)15-9-8-13(10-14(12)15)18-20-16(2,3)17(4,5)21-18/h8-11H,7H2,1-6H3. The van der Waals surface area contributed by atoms with Crippen LogP contribution in [0.15, 0.2) is 24.4 Å². The van der Waals surface area contributed by atoms with Crippen molar-refractivity contribution in [2.45, 2.75) is 52.2 Å². The molecular weight excluding hydrogens is 261 g/mol. The smallest absolute Gasteiger partial charge is 0.399 e. The molecule has 4 heteroatoms. The number of benzene rings is 1. The second-order valence-electron chi connectivity index (χ2n) is 6.98. The van der Waals surface area contributed by atoms with Crippen LogP contribution in [0.5, 0.6) is 0 Å². The fraction of sp³-hybridized carbons (Fsp3) is 0.529. The lowest BCUT2D eigenvalue weighted by molar-refractivity contribution is 0.00578. The van der Waals surface area contributed by atoms with Crippen LogP contribution in [0.25, 0.3) is 10.9 Å². The first-order valence-corrected chi connectivity index (χ1v) is 7.68. The van der Waals surface area contributed by atoms with Crippen LogP contribution in [-0.4, -0.2) is 22.9 Å². The molecule has 3 nitrogen and oxygen atoms in total. The van der Waals surface area contributed by atoms with Crippen LogP contribution in [0.4, 0.5) is 0 Å². The summed E-state index contributed by atoms with van der Waals surface area (Å²) in [6.45, 7) is 10.5. The quantitative estimate of drug-likeness (QED) is 0.792. The van der Waals surface area contributed by atoms with E-state index in [1.807, 2.05) is 0 Å². The zero-order chi connectivity index (χ0) is 15.4. The van der Waals surface area contributed by atoms with E-state index >= 15 is 0 Å². The Hall–Kier alpha value is -1.26. The number of aryl methyl sites for hydroxylation is 2. The first-order chi connectivity index (χ1) is 9.75. The molecular formula is C17H24BNO2. The number of nitrogens with zero attached hydrogens (tertiary/aromatic N) is 1. The maximum atomic E-state index is 6.15. The van der Waals surface area contributed by atoms with Crippen molar-refractivity contribution in [3.63, 3.8) is 0 Å². The van der Waals surface area contributed by atoms with Crippen molar-refractivity contribution in [2.75, 3.05) is 0 Å². The van der Waals surface area contributed by atoms with E-state index in [1.54, 1.807) is 0 Å². The molecule has 0 amide bonds. The third-order valence-electron chi connectivity index (χ3n) is 5.00. The molecule has 1 aromatic carbocycles. The Morgan fingerprint density at radius 2 is 1.71 bits per heavy atom. The molecule has 1 aliphatic rings. The van der Waals surface area contributed by atoms with Crippen LogP contribution >= 0.6 is 0 Å². The summed E-state index contributed by atoms with van der Waals surface area (Å²) in [4.78, 5) is 0. The van der Waals surface area contributed by atoms with Gasteiger partial charge in [-0.3, -0.25) is 0 Å². The summed E-state index contributed by atoms with van der Waals surface area (Å²) in [5.41, 5.74) is 3.13. The number of aromatic nitrogens is 1. The van der Waals surface area contributed by atoms with Crippen molar-refractivity contribution >= 4 is 23.5 Å². The average Bonchev–Trinajstić information content (AvgIpc) is 2.84. The molecule has 0 saturated carbocycles. The number of rotatable bonds is 2. The monoisotopic (exact) mass is 285 g/mol. The van der Waals surface area contributed by atoms with E-state index in [0.717, 1.165) is 11.9 Å². The molecule has 21 heavy (non-hydrogen) atoms. The molecule has 0 N–H and O–H groups in total. The van der Waals surface area contributed by atoms with Crippen molar-refractivity contribution in [1.82, 2.24) is 4.57 Å². The van der Waals surface area contributed by atoms with Crippen LogP contribution in [-0.2, 0) is 22.8 Å². The minimum atomic E-state index is -0.295. The Morgan fingerprint density at radius 1 is 1.10 bits per heavy atom. The Kier molecular flexibility index (Phi) is 3.23. The van der Waals surface area contributed by atoms with E-state index < -0.39 is 0 Å². The van der Waals surface area contributed by atoms with Gasteiger partial charge in [-0.05, 0) is 51.2 Å². The average molecular weight is 285 g/mol. The highest BCUT2D eigenvalue weighted by Gasteiger charge is 2.51. The summed E-state index contributed by atoms with van der Waals surface area (Å²) in [6.07, 6.45) is 3.24. The zero-order valence-corrected chi connectivity index (χ0v) is 13.9. The Morgan fingerprint density at radius 3 is 2.29 bits per heavy atom. The Balaban J connectivity index is 2.03. The van der Waals surface area contributed by atoms with E-state index in [-0.39, 0.29) is 18.3 Å². The first-order valence-electron chi connectivity index (χ1n) is 7.68. The fourth-order valence-corrected chi connectivity index (χ4v) is 2.90. The van der Waals surface area contributed by atoms with Gasteiger partial charge >= 0.3 is 7.12 Å². The van der Waals surface area contributed by atoms with Crippen molar-refractivity contribution in [2.24, 2.45) is 7.05 Å². The van der Waals surface area contributed by atoms with Gasteiger partial charge in [0.1, 0.15) is 0 Å². The summed E-state index contributed by atoms with van der Waals surface area (Å²) < 4.78 is 14.5. The predicted octanol–water partition coefficient (Wildman–Crippen LogP) is 3.04. The molecule has 0 atom stereocenters. The normalized spacial score (nSPS) is 20.4. The highest BCUT2D eigenvalue weighted by molar-refractivity contribution is 6.62. The lowest BCUT2D eigenvalue weighted by Crippen LogP contribution is -2.41. The van der Waals surface area contributed by atoms with Gasteiger partial charge in [-0.25, -0.2) is 0 Å². The van der Waals surface area contributed by atoms with E-state index in [1.165, 1.54) is 16.5 Å². The second kappa shape index (κ2) is 4.62. The van der Waals surface area contributed by atoms with Gasteiger partial charge in [-0.15, -0.1) is 0 Å². The molecule has 112 valence electrons. The summed E-state index contributed by atoms with van der Waals surface area (Å²) in [5, 5.41) is 1.30. The van der Waals surface area contributed by atoms with Gasteiger partial charge in [0, 0.05) is 24.1 Å². The van der Waals surface area contributed by atoms with Gasteiger partial charge in [-0.2, -0.15) is 0 Å². The molecule has 0 radical (unpaired) electrons. The van der Waals surface area contributed by atoms with Crippen LogP contribution < -0.4 is 5.46 Å². The van der Waals surface area contributed by atoms with E-state index in [4.69, 9.17) is 9.31 Å². The molecule has 1 saturated heterocycles. The number of hydrogen-bond donors (Lipinski definition) is 0.